The highest BCUT2D eigenvalue weighted by molar-refractivity contribution is 7.12. The lowest BCUT2D eigenvalue weighted by Gasteiger charge is -2.07. The van der Waals surface area contributed by atoms with E-state index in [0.29, 0.717) is 23.7 Å². The van der Waals surface area contributed by atoms with Gasteiger partial charge < -0.3 is 14.6 Å². The number of rotatable bonds is 4. The predicted octanol–water partition coefficient (Wildman–Crippen LogP) is 2.55. The van der Waals surface area contributed by atoms with Crippen molar-refractivity contribution < 1.29 is 14.6 Å². The topological polar surface area (TPSA) is 62.5 Å². The molecule has 0 bridgehead atoms. The lowest BCUT2D eigenvalue weighted by Crippen LogP contribution is -1.94. The monoisotopic (exact) mass is 299 g/mol. The molecule has 0 unspecified atom stereocenters. The molecule has 5 heteroatoms. The molecule has 0 saturated heterocycles. The lowest BCUT2D eigenvalue weighted by atomic mass is 10.2. The second-order valence-corrected chi connectivity index (χ2v) is 5.19. The summed E-state index contributed by atoms with van der Waals surface area (Å²) in [5, 5.41) is 17.6. The molecule has 0 aliphatic carbocycles. The van der Waals surface area contributed by atoms with Gasteiger partial charge in [-0.2, -0.15) is 5.26 Å². The van der Waals surface area contributed by atoms with Crippen LogP contribution in [0, 0.1) is 23.2 Å². The molecule has 0 aliphatic rings. The number of nitrogens with zero attached hydrogens (tertiary/aromatic N) is 1. The van der Waals surface area contributed by atoms with E-state index in [-0.39, 0.29) is 6.61 Å². The van der Waals surface area contributed by atoms with E-state index in [1.165, 1.54) is 11.3 Å². The van der Waals surface area contributed by atoms with Crippen LogP contribution in [0.2, 0.25) is 0 Å². The van der Waals surface area contributed by atoms with Crippen molar-refractivity contribution in [3.8, 4) is 29.4 Å². The highest BCUT2D eigenvalue weighted by atomic mass is 32.1. The van der Waals surface area contributed by atoms with Gasteiger partial charge in [0.25, 0.3) is 0 Å². The van der Waals surface area contributed by atoms with Crippen molar-refractivity contribution in [3.05, 3.63) is 45.6 Å². The van der Waals surface area contributed by atoms with Crippen LogP contribution in [0.1, 0.15) is 15.3 Å². The van der Waals surface area contributed by atoms with Gasteiger partial charge in [-0.15, -0.1) is 11.3 Å². The van der Waals surface area contributed by atoms with E-state index in [9.17, 15) is 0 Å². The molecular weight excluding hydrogens is 286 g/mol. The molecule has 4 nitrogen and oxygen atoms in total. The first kappa shape index (κ1) is 14.9. The van der Waals surface area contributed by atoms with Crippen molar-refractivity contribution in [1.82, 2.24) is 0 Å². The first-order valence-electron chi connectivity index (χ1n) is 6.15. The van der Waals surface area contributed by atoms with Gasteiger partial charge >= 0.3 is 0 Å². The maximum Gasteiger partial charge on any atom is 0.124 e. The minimum Gasteiger partial charge on any atom is -0.497 e. The van der Waals surface area contributed by atoms with Crippen LogP contribution in [0.15, 0.2) is 30.3 Å². The number of aliphatic hydroxyl groups is 1. The molecule has 0 spiro atoms. The summed E-state index contributed by atoms with van der Waals surface area (Å²) in [5.74, 6) is 6.63. The molecule has 0 atom stereocenters. The molecular formula is C16H13NO3S. The zero-order valence-electron chi connectivity index (χ0n) is 11.4. The van der Waals surface area contributed by atoms with E-state index in [2.05, 4.69) is 17.9 Å². The Bertz CT molecular complexity index is 719. The third-order valence-electron chi connectivity index (χ3n) is 2.58. The molecule has 2 rings (SSSR count). The highest BCUT2D eigenvalue weighted by Gasteiger charge is 2.04. The summed E-state index contributed by atoms with van der Waals surface area (Å²) >= 11 is 1.51. The Labute approximate surface area is 127 Å². The standard InChI is InChI=1S/C16H13NO3S/c1-19-13-7-12(10-17)8-14(9-13)20-11-16-5-4-15(21-16)3-2-6-18/h4-5,7-9,18H,6,11H2,1H3. The van der Waals surface area contributed by atoms with Gasteiger partial charge in [-0.1, -0.05) is 11.8 Å². The van der Waals surface area contributed by atoms with Crippen molar-refractivity contribution in [2.45, 2.75) is 6.61 Å². The number of nitriles is 1. The van der Waals surface area contributed by atoms with Crippen molar-refractivity contribution in [2.75, 3.05) is 13.7 Å². The van der Waals surface area contributed by atoms with Crippen LogP contribution in [0.3, 0.4) is 0 Å². The molecule has 0 radical (unpaired) electrons. The van der Waals surface area contributed by atoms with Crippen LogP contribution >= 0.6 is 11.3 Å². The summed E-state index contributed by atoms with van der Waals surface area (Å²) in [4.78, 5) is 1.89. The Balaban J connectivity index is 2.06. The van der Waals surface area contributed by atoms with Gasteiger partial charge in [-0.05, 0) is 24.3 Å². The third-order valence-corrected chi connectivity index (χ3v) is 3.55. The number of methoxy groups -OCH3 is 1. The van der Waals surface area contributed by atoms with Crippen LogP contribution < -0.4 is 9.47 Å². The summed E-state index contributed by atoms with van der Waals surface area (Å²) < 4.78 is 10.8. The Morgan fingerprint density at radius 1 is 1.24 bits per heavy atom. The Hall–Kier alpha value is -2.47. The molecule has 106 valence electrons. The quantitative estimate of drug-likeness (QED) is 0.881. The second kappa shape index (κ2) is 7.35. The van der Waals surface area contributed by atoms with Crippen molar-refractivity contribution in [1.29, 1.82) is 5.26 Å². The Kier molecular flexibility index (Phi) is 5.22. The fraction of sp³-hybridized carbons (Fsp3) is 0.188. The fourth-order valence-corrected chi connectivity index (χ4v) is 2.44. The molecule has 1 aromatic carbocycles. The van der Waals surface area contributed by atoms with E-state index in [0.717, 1.165) is 9.75 Å². The Morgan fingerprint density at radius 2 is 2.05 bits per heavy atom. The first-order chi connectivity index (χ1) is 10.2. The molecule has 0 amide bonds. The minimum absolute atomic E-state index is 0.148. The van der Waals surface area contributed by atoms with E-state index < -0.39 is 0 Å². The Morgan fingerprint density at radius 3 is 2.76 bits per heavy atom. The zero-order chi connectivity index (χ0) is 15.1. The van der Waals surface area contributed by atoms with E-state index >= 15 is 0 Å². The summed E-state index contributed by atoms with van der Waals surface area (Å²) in [6.45, 7) is 0.244. The molecule has 1 N–H and O–H groups in total. The average Bonchev–Trinajstić information content (AvgIpc) is 2.98. The lowest BCUT2D eigenvalue weighted by molar-refractivity contribution is 0.307. The number of benzene rings is 1. The number of hydrogen-bond acceptors (Lipinski definition) is 5. The van der Waals surface area contributed by atoms with Crippen molar-refractivity contribution >= 4 is 11.3 Å². The van der Waals surface area contributed by atoms with Crippen LogP contribution in [0.4, 0.5) is 0 Å². The molecule has 1 heterocycles. The molecule has 0 saturated carbocycles. The van der Waals surface area contributed by atoms with E-state index in [4.69, 9.17) is 19.8 Å². The predicted molar refractivity (Wildman–Crippen MR) is 80.3 cm³/mol. The molecule has 2 aromatic rings. The molecule has 0 fully saturated rings. The SMILES string of the molecule is COc1cc(C#N)cc(OCc2ccc(C#CCO)s2)c1. The number of hydrogen-bond donors (Lipinski definition) is 1. The van der Waals surface area contributed by atoms with E-state index in [1.54, 1.807) is 25.3 Å². The smallest absolute Gasteiger partial charge is 0.124 e. The minimum atomic E-state index is -0.148. The second-order valence-electron chi connectivity index (χ2n) is 4.02. The van der Waals surface area contributed by atoms with Crippen LogP contribution in [-0.4, -0.2) is 18.8 Å². The highest BCUT2D eigenvalue weighted by Crippen LogP contribution is 2.24. The summed E-state index contributed by atoms with van der Waals surface area (Å²) in [6.07, 6.45) is 0. The number of thiophene rings is 1. The van der Waals surface area contributed by atoms with Crippen molar-refractivity contribution in [2.24, 2.45) is 0 Å². The van der Waals surface area contributed by atoms with Gasteiger partial charge in [0.2, 0.25) is 0 Å². The van der Waals surface area contributed by atoms with Gasteiger partial charge in [0.15, 0.2) is 0 Å². The first-order valence-corrected chi connectivity index (χ1v) is 6.97. The van der Waals surface area contributed by atoms with Gasteiger partial charge in [0.1, 0.15) is 24.7 Å². The number of aliphatic hydroxyl groups excluding tert-OH is 1. The third kappa shape index (κ3) is 4.25. The summed E-state index contributed by atoms with van der Waals surface area (Å²) in [7, 11) is 1.55. The fourth-order valence-electron chi connectivity index (χ4n) is 1.64. The zero-order valence-corrected chi connectivity index (χ0v) is 12.2. The molecule has 21 heavy (non-hydrogen) atoms. The van der Waals surface area contributed by atoms with Gasteiger partial charge in [-0.3, -0.25) is 0 Å². The number of ether oxygens (including phenoxy) is 2. The maximum absolute atomic E-state index is 8.96. The average molecular weight is 299 g/mol. The maximum atomic E-state index is 8.96. The van der Waals surface area contributed by atoms with E-state index in [1.807, 2.05) is 12.1 Å². The molecule has 0 aliphatic heterocycles. The van der Waals surface area contributed by atoms with Crippen LogP contribution in [0.25, 0.3) is 0 Å². The van der Waals surface area contributed by atoms with Gasteiger partial charge in [-0.25, -0.2) is 0 Å². The largest absolute Gasteiger partial charge is 0.497 e. The summed E-state index contributed by atoms with van der Waals surface area (Å²) in [6, 6.07) is 10.9. The molecule has 1 aromatic heterocycles. The van der Waals surface area contributed by atoms with Crippen LogP contribution in [-0.2, 0) is 6.61 Å². The van der Waals surface area contributed by atoms with Gasteiger partial charge in [0, 0.05) is 10.9 Å². The summed E-state index contributed by atoms with van der Waals surface area (Å²) in [5.41, 5.74) is 0.491. The normalized spacial score (nSPS) is 9.38. The van der Waals surface area contributed by atoms with Gasteiger partial charge in [0.05, 0.1) is 23.6 Å². The van der Waals surface area contributed by atoms with Crippen LogP contribution in [0.5, 0.6) is 11.5 Å². The van der Waals surface area contributed by atoms with Crippen molar-refractivity contribution in [3.63, 3.8) is 0 Å².